The van der Waals surface area contributed by atoms with Gasteiger partial charge in [0.05, 0.1) is 15.3 Å². The van der Waals surface area contributed by atoms with Crippen LogP contribution in [0, 0.1) is 5.41 Å². The van der Waals surface area contributed by atoms with Crippen LogP contribution in [-0.2, 0) is 22.7 Å². The second-order valence-corrected chi connectivity index (χ2v) is 13.5. The molecule has 11 heteroatoms. The Labute approximate surface area is 196 Å². The Bertz CT molecular complexity index is 1150. The number of pyridine rings is 1. The highest BCUT2D eigenvalue weighted by atomic mass is 35.5. The van der Waals surface area contributed by atoms with E-state index in [1.54, 1.807) is 18.3 Å². The van der Waals surface area contributed by atoms with Gasteiger partial charge in [0.15, 0.2) is 15.0 Å². The fraction of sp³-hybridized carbons (Fsp3) is 0.571. The number of nitrogens with zero attached hydrogens (tertiary/aromatic N) is 3. The lowest BCUT2D eigenvalue weighted by Gasteiger charge is -2.37. The maximum absolute atomic E-state index is 13.5. The van der Waals surface area contributed by atoms with Gasteiger partial charge in [0, 0.05) is 18.0 Å². The van der Waals surface area contributed by atoms with Crippen LogP contribution >= 0.6 is 22.9 Å². The van der Waals surface area contributed by atoms with Crippen molar-refractivity contribution >= 4 is 49.8 Å². The quantitative estimate of drug-likeness (QED) is 0.584. The molecule has 0 bridgehead atoms. The highest BCUT2D eigenvalue weighted by Crippen LogP contribution is 2.40. The van der Waals surface area contributed by atoms with Crippen molar-refractivity contribution in [1.82, 2.24) is 14.9 Å². The lowest BCUT2D eigenvalue weighted by atomic mass is 9.79. The SMILES string of the molecule is CC1(C)CCc2nc(Nc3cc(S(=O)(=O)C4(C)CCN(C(=O)O)CC4)cc(Cl)n3)sc2C1. The summed E-state index contributed by atoms with van der Waals surface area (Å²) in [5.74, 6) is 0.327. The Kier molecular flexibility index (Phi) is 5.92. The smallest absolute Gasteiger partial charge is 0.407 e. The van der Waals surface area contributed by atoms with Gasteiger partial charge in [-0.2, -0.15) is 0 Å². The van der Waals surface area contributed by atoms with Gasteiger partial charge in [0.2, 0.25) is 0 Å². The number of anilines is 2. The van der Waals surface area contributed by atoms with E-state index in [0.29, 0.717) is 10.9 Å². The summed E-state index contributed by atoms with van der Waals surface area (Å²) in [4.78, 5) is 22.7. The third kappa shape index (κ3) is 4.45. The second kappa shape index (κ2) is 8.14. The number of sulfone groups is 1. The molecule has 2 aliphatic rings. The van der Waals surface area contributed by atoms with Crippen molar-refractivity contribution < 1.29 is 18.3 Å². The van der Waals surface area contributed by atoms with E-state index in [1.807, 2.05) is 0 Å². The standard InChI is InChI=1S/C21H27ClN4O4S2/c1-20(2)5-4-14-15(12-20)31-18(23-14)25-17-11-13(10-16(22)24-17)32(29,30)21(3)6-8-26(9-7-21)19(27)28/h10-11H,4-9,12H2,1-3H3,(H,27,28)(H,23,24,25). The number of aryl methyl sites for hydroxylation is 1. The van der Waals surface area contributed by atoms with Gasteiger partial charge in [-0.25, -0.2) is 23.2 Å². The fourth-order valence-electron chi connectivity index (χ4n) is 4.28. The predicted molar refractivity (Wildman–Crippen MR) is 125 cm³/mol. The molecule has 8 nitrogen and oxygen atoms in total. The van der Waals surface area contributed by atoms with E-state index in [9.17, 15) is 13.2 Å². The molecule has 0 radical (unpaired) electrons. The van der Waals surface area contributed by atoms with Crippen LogP contribution in [0.3, 0.4) is 0 Å². The van der Waals surface area contributed by atoms with Crippen molar-refractivity contribution in [1.29, 1.82) is 0 Å². The van der Waals surface area contributed by atoms with Crippen LogP contribution in [0.5, 0.6) is 0 Å². The number of carboxylic acid groups (broad SMARTS) is 1. The molecule has 1 fully saturated rings. The fourth-order valence-corrected chi connectivity index (χ4v) is 7.65. The van der Waals surface area contributed by atoms with Crippen LogP contribution in [0.1, 0.15) is 50.6 Å². The van der Waals surface area contributed by atoms with Gasteiger partial charge in [-0.1, -0.05) is 25.4 Å². The number of hydrogen-bond donors (Lipinski definition) is 2. The van der Waals surface area contributed by atoms with Crippen LogP contribution in [-0.4, -0.2) is 52.3 Å². The summed E-state index contributed by atoms with van der Waals surface area (Å²) >= 11 is 7.76. The first-order valence-corrected chi connectivity index (χ1v) is 13.2. The number of fused-ring (bicyclic) bond motifs is 1. The molecule has 3 heterocycles. The number of amides is 1. The first kappa shape index (κ1) is 23.3. The summed E-state index contributed by atoms with van der Waals surface area (Å²) in [6, 6.07) is 2.84. The molecule has 2 aromatic heterocycles. The van der Waals surface area contributed by atoms with E-state index in [4.69, 9.17) is 16.7 Å². The molecule has 1 aliphatic heterocycles. The molecule has 1 saturated heterocycles. The van der Waals surface area contributed by atoms with Gasteiger partial charge < -0.3 is 15.3 Å². The summed E-state index contributed by atoms with van der Waals surface area (Å²) in [6.45, 7) is 6.52. The number of rotatable bonds is 4. The van der Waals surface area contributed by atoms with Gasteiger partial charge in [-0.3, -0.25) is 0 Å². The second-order valence-electron chi connectivity index (χ2n) is 9.59. The van der Waals surface area contributed by atoms with Crippen molar-refractivity contribution in [2.24, 2.45) is 5.41 Å². The molecule has 0 unspecified atom stereocenters. The number of likely N-dealkylation sites (tertiary alicyclic amines) is 1. The molecular weight excluding hydrogens is 472 g/mol. The lowest BCUT2D eigenvalue weighted by molar-refractivity contribution is 0.129. The Balaban J connectivity index is 1.58. The van der Waals surface area contributed by atoms with Crippen LogP contribution in [0.15, 0.2) is 17.0 Å². The van der Waals surface area contributed by atoms with E-state index in [-0.39, 0.29) is 41.4 Å². The van der Waals surface area contributed by atoms with E-state index in [2.05, 4.69) is 29.1 Å². The average molecular weight is 499 g/mol. The van der Waals surface area contributed by atoms with Crippen LogP contribution < -0.4 is 5.32 Å². The highest BCUT2D eigenvalue weighted by molar-refractivity contribution is 7.92. The Morgan fingerprint density at radius 2 is 1.88 bits per heavy atom. The molecule has 174 valence electrons. The molecule has 0 spiro atoms. The van der Waals surface area contributed by atoms with Gasteiger partial charge >= 0.3 is 6.09 Å². The summed E-state index contributed by atoms with van der Waals surface area (Å²) in [5.41, 5.74) is 1.34. The summed E-state index contributed by atoms with van der Waals surface area (Å²) < 4.78 is 25.9. The average Bonchev–Trinajstić information content (AvgIpc) is 3.07. The van der Waals surface area contributed by atoms with E-state index >= 15 is 0 Å². The Morgan fingerprint density at radius 3 is 2.53 bits per heavy atom. The molecule has 0 aromatic carbocycles. The number of carbonyl (C=O) groups is 1. The Hall–Kier alpha value is -1.91. The van der Waals surface area contributed by atoms with Gasteiger partial charge in [0.25, 0.3) is 0 Å². The normalized spacial score (nSPS) is 19.9. The molecule has 1 amide bonds. The minimum absolute atomic E-state index is 0.0719. The maximum atomic E-state index is 13.5. The molecule has 0 atom stereocenters. The highest BCUT2D eigenvalue weighted by Gasteiger charge is 2.44. The van der Waals surface area contributed by atoms with Gasteiger partial charge in [-0.05, 0) is 56.6 Å². The molecular formula is C21H27ClN4O4S2. The monoisotopic (exact) mass is 498 g/mol. The third-order valence-electron chi connectivity index (χ3n) is 6.51. The van der Waals surface area contributed by atoms with Crippen molar-refractivity contribution in [3.8, 4) is 0 Å². The summed E-state index contributed by atoms with van der Waals surface area (Å²) in [7, 11) is -3.77. The molecule has 0 saturated carbocycles. The summed E-state index contributed by atoms with van der Waals surface area (Å²) in [6.07, 6.45) is 2.39. The zero-order chi connectivity index (χ0) is 23.3. The van der Waals surface area contributed by atoms with Crippen molar-refractivity contribution in [2.45, 2.75) is 62.5 Å². The Morgan fingerprint density at radius 1 is 1.19 bits per heavy atom. The first-order chi connectivity index (χ1) is 14.9. The first-order valence-electron chi connectivity index (χ1n) is 10.5. The van der Waals surface area contributed by atoms with Crippen LogP contribution in [0.4, 0.5) is 15.7 Å². The lowest BCUT2D eigenvalue weighted by Crippen LogP contribution is -2.48. The number of nitrogens with one attached hydrogen (secondary N) is 1. The molecule has 1 aliphatic carbocycles. The summed E-state index contributed by atoms with van der Waals surface area (Å²) in [5, 5.41) is 13.1. The molecule has 4 rings (SSSR count). The molecule has 2 aromatic rings. The molecule has 2 N–H and O–H groups in total. The zero-order valence-electron chi connectivity index (χ0n) is 18.3. The minimum Gasteiger partial charge on any atom is -0.465 e. The van der Waals surface area contributed by atoms with Crippen molar-refractivity contribution in [3.63, 3.8) is 0 Å². The zero-order valence-corrected chi connectivity index (χ0v) is 20.7. The minimum atomic E-state index is -3.77. The number of piperidine rings is 1. The van der Waals surface area contributed by atoms with Crippen molar-refractivity contribution in [2.75, 3.05) is 18.4 Å². The van der Waals surface area contributed by atoms with Gasteiger partial charge in [0.1, 0.15) is 11.0 Å². The largest absolute Gasteiger partial charge is 0.465 e. The van der Waals surface area contributed by atoms with E-state index < -0.39 is 20.7 Å². The van der Waals surface area contributed by atoms with Crippen molar-refractivity contribution in [3.05, 3.63) is 27.9 Å². The van der Waals surface area contributed by atoms with Gasteiger partial charge in [-0.15, -0.1) is 11.3 Å². The van der Waals surface area contributed by atoms with Crippen LogP contribution in [0.25, 0.3) is 0 Å². The number of aromatic nitrogens is 2. The van der Waals surface area contributed by atoms with E-state index in [1.165, 1.54) is 21.9 Å². The topological polar surface area (TPSA) is 112 Å². The number of thiazole rings is 1. The molecule has 32 heavy (non-hydrogen) atoms. The van der Waals surface area contributed by atoms with E-state index in [0.717, 1.165) is 25.0 Å². The number of hydrogen-bond acceptors (Lipinski definition) is 7. The van der Waals surface area contributed by atoms with Crippen LogP contribution in [0.2, 0.25) is 5.15 Å². The third-order valence-corrected chi connectivity index (χ3v) is 10.3. The maximum Gasteiger partial charge on any atom is 0.407 e. The number of halogens is 1. The predicted octanol–water partition coefficient (Wildman–Crippen LogP) is 4.76.